The highest BCUT2D eigenvalue weighted by Crippen LogP contribution is 2.22. The predicted molar refractivity (Wildman–Crippen MR) is 76.8 cm³/mol. The number of hydrogen-bond acceptors (Lipinski definition) is 5. The quantitative estimate of drug-likeness (QED) is 0.675. The third kappa shape index (κ3) is 3.60. The fourth-order valence-electron chi connectivity index (χ4n) is 1.75. The Hall–Kier alpha value is -1.76. The fourth-order valence-corrected chi connectivity index (χ4v) is 2.07. The Morgan fingerprint density at radius 1 is 1.53 bits per heavy atom. The monoisotopic (exact) mass is 324 g/mol. The van der Waals surface area contributed by atoms with E-state index in [-0.39, 0.29) is 17.4 Å². The molecule has 0 aliphatic rings. The molecular formula is C12H13BrN4O2. The molecule has 2 aromatic rings. The van der Waals surface area contributed by atoms with Crippen molar-refractivity contribution in [3.05, 3.63) is 39.1 Å². The molecule has 19 heavy (non-hydrogen) atoms. The van der Waals surface area contributed by atoms with Crippen LogP contribution in [0.4, 0.5) is 5.69 Å². The standard InChI is InChI=1S/C12H13BrN4O2/c1-8(7-17(18)19)5-15-10-2-3-14-11-4-9(13)6-16-12(10)11/h2-4,6,8H,5,7H2,1H3,(H,14,15). The molecule has 0 amide bonds. The first-order chi connectivity index (χ1) is 9.06. The third-order valence-electron chi connectivity index (χ3n) is 2.65. The molecule has 0 saturated carbocycles. The molecule has 1 N–H and O–H groups in total. The molecular weight excluding hydrogens is 312 g/mol. The van der Waals surface area contributed by atoms with E-state index >= 15 is 0 Å². The number of nitrogens with zero attached hydrogens (tertiary/aromatic N) is 3. The molecule has 0 aliphatic heterocycles. The second kappa shape index (κ2) is 5.92. The van der Waals surface area contributed by atoms with Crippen LogP contribution in [-0.2, 0) is 0 Å². The summed E-state index contributed by atoms with van der Waals surface area (Å²) in [5.74, 6) is -0.0475. The maximum Gasteiger partial charge on any atom is 0.208 e. The Kier molecular flexibility index (Phi) is 4.26. The van der Waals surface area contributed by atoms with Gasteiger partial charge in [0.15, 0.2) is 0 Å². The van der Waals surface area contributed by atoms with Crippen LogP contribution in [0, 0.1) is 16.0 Å². The molecule has 0 aromatic carbocycles. The van der Waals surface area contributed by atoms with Crippen LogP contribution in [-0.4, -0.2) is 28.0 Å². The number of halogens is 1. The number of rotatable bonds is 5. The predicted octanol–water partition coefficient (Wildman–Crippen LogP) is 2.72. The summed E-state index contributed by atoms with van der Waals surface area (Å²) in [6.45, 7) is 2.32. The highest BCUT2D eigenvalue weighted by atomic mass is 79.9. The Morgan fingerprint density at radius 2 is 2.32 bits per heavy atom. The van der Waals surface area contributed by atoms with Gasteiger partial charge in [0.2, 0.25) is 6.54 Å². The second-order valence-electron chi connectivity index (χ2n) is 4.38. The first-order valence-electron chi connectivity index (χ1n) is 5.82. The molecule has 1 unspecified atom stereocenters. The van der Waals surface area contributed by atoms with Crippen molar-refractivity contribution in [2.75, 3.05) is 18.4 Å². The van der Waals surface area contributed by atoms with Gasteiger partial charge in [-0.25, -0.2) is 0 Å². The molecule has 0 bridgehead atoms. The van der Waals surface area contributed by atoms with E-state index in [1.165, 1.54) is 0 Å². The van der Waals surface area contributed by atoms with Gasteiger partial charge in [-0.2, -0.15) is 0 Å². The van der Waals surface area contributed by atoms with Gasteiger partial charge >= 0.3 is 0 Å². The maximum atomic E-state index is 10.4. The van der Waals surface area contributed by atoms with Gasteiger partial charge in [0, 0.05) is 34.3 Å². The Labute approximate surface area is 118 Å². The molecule has 0 saturated heterocycles. The van der Waals surface area contributed by atoms with Gasteiger partial charge in [-0.15, -0.1) is 0 Å². The van der Waals surface area contributed by atoms with E-state index in [1.807, 2.05) is 19.1 Å². The van der Waals surface area contributed by atoms with E-state index in [1.54, 1.807) is 12.4 Å². The summed E-state index contributed by atoms with van der Waals surface area (Å²) in [5, 5.41) is 13.6. The molecule has 2 heterocycles. The van der Waals surface area contributed by atoms with Gasteiger partial charge in [0.1, 0.15) is 5.52 Å². The molecule has 2 rings (SSSR count). The minimum atomic E-state index is -0.299. The van der Waals surface area contributed by atoms with Gasteiger partial charge in [-0.3, -0.25) is 20.1 Å². The maximum absolute atomic E-state index is 10.4. The van der Waals surface area contributed by atoms with Crippen LogP contribution in [0.1, 0.15) is 6.92 Å². The zero-order chi connectivity index (χ0) is 13.8. The summed E-state index contributed by atoms with van der Waals surface area (Å²) in [7, 11) is 0. The van der Waals surface area contributed by atoms with E-state index < -0.39 is 0 Å². The Morgan fingerprint density at radius 3 is 3.05 bits per heavy atom. The molecule has 0 fully saturated rings. The number of anilines is 1. The van der Waals surface area contributed by atoms with Crippen LogP contribution < -0.4 is 5.32 Å². The van der Waals surface area contributed by atoms with Crippen LogP contribution >= 0.6 is 15.9 Å². The molecule has 0 aliphatic carbocycles. The van der Waals surface area contributed by atoms with E-state index in [2.05, 4.69) is 31.2 Å². The summed E-state index contributed by atoms with van der Waals surface area (Å²) >= 11 is 3.35. The molecule has 6 nitrogen and oxygen atoms in total. The molecule has 0 radical (unpaired) electrons. The zero-order valence-electron chi connectivity index (χ0n) is 10.3. The van der Waals surface area contributed by atoms with Crippen molar-refractivity contribution in [1.29, 1.82) is 0 Å². The largest absolute Gasteiger partial charge is 0.383 e. The van der Waals surface area contributed by atoms with Crippen molar-refractivity contribution >= 4 is 32.7 Å². The highest BCUT2D eigenvalue weighted by molar-refractivity contribution is 9.10. The normalized spacial score (nSPS) is 12.3. The first-order valence-corrected chi connectivity index (χ1v) is 6.61. The summed E-state index contributed by atoms with van der Waals surface area (Å²) in [4.78, 5) is 18.7. The summed E-state index contributed by atoms with van der Waals surface area (Å²) in [5.41, 5.74) is 2.38. The molecule has 7 heteroatoms. The Balaban J connectivity index is 2.14. The number of aromatic nitrogens is 2. The first kappa shape index (κ1) is 13.7. The minimum absolute atomic E-state index is 0.0466. The van der Waals surface area contributed by atoms with Crippen molar-refractivity contribution < 1.29 is 4.92 Å². The average Bonchev–Trinajstić information content (AvgIpc) is 2.35. The van der Waals surface area contributed by atoms with Gasteiger partial charge in [0.05, 0.1) is 11.2 Å². The zero-order valence-corrected chi connectivity index (χ0v) is 11.9. The topological polar surface area (TPSA) is 81.0 Å². The smallest absolute Gasteiger partial charge is 0.208 e. The van der Waals surface area contributed by atoms with E-state index in [0.29, 0.717) is 6.54 Å². The number of nitro groups is 1. The van der Waals surface area contributed by atoms with Crippen LogP contribution in [0.3, 0.4) is 0 Å². The van der Waals surface area contributed by atoms with Gasteiger partial charge < -0.3 is 5.32 Å². The van der Waals surface area contributed by atoms with Crippen LogP contribution in [0.15, 0.2) is 29.0 Å². The molecule has 100 valence electrons. The summed E-state index contributed by atoms with van der Waals surface area (Å²) in [6.07, 6.45) is 3.40. The number of fused-ring (bicyclic) bond motifs is 1. The molecule has 1 atom stereocenters. The summed E-state index contributed by atoms with van der Waals surface area (Å²) in [6, 6.07) is 3.70. The lowest BCUT2D eigenvalue weighted by molar-refractivity contribution is -0.486. The lowest BCUT2D eigenvalue weighted by atomic mass is 10.2. The lowest BCUT2D eigenvalue weighted by Crippen LogP contribution is -2.19. The molecule has 2 aromatic heterocycles. The van der Waals surface area contributed by atoms with Gasteiger partial charge in [0.25, 0.3) is 0 Å². The highest BCUT2D eigenvalue weighted by Gasteiger charge is 2.10. The van der Waals surface area contributed by atoms with Crippen molar-refractivity contribution in [3.8, 4) is 0 Å². The summed E-state index contributed by atoms with van der Waals surface area (Å²) < 4.78 is 0.867. The third-order valence-corrected chi connectivity index (χ3v) is 3.08. The van der Waals surface area contributed by atoms with E-state index in [9.17, 15) is 10.1 Å². The molecule has 0 spiro atoms. The second-order valence-corrected chi connectivity index (χ2v) is 5.30. The van der Waals surface area contributed by atoms with Crippen molar-refractivity contribution in [1.82, 2.24) is 9.97 Å². The van der Waals surface area contributed by atoms with E-state index in [4.69, 9.17) is 0 Å². The Bertz CT molecular complexity index is 605. The SMILES string of the molecule is CC(CNc1ccnc2cc(Br)cnc12)C[N+](=O)[O-]. The van der Waals surface area contributed by atoms with Crippen LogP contribution in [0.2, 0.25) is 0 Å². The number of pyridine rings is 2. The van der Waals surface area contributed by atoms with Crippen molar-refractivity contribution in [2.45, 2.75) is 6.92 Å². The van der Waals surface area contributed by atoms with Crippen molar-refractivity contribution in [2.24, 2.45) is 5.92 Å². The minimum Gasteiger partial charge on any atom is -0.383 e. The van der Waals surface area contributed by atoms with Gasteiger partial charge in [-0.05, 0) is 28.1 Å². The van der Waals surface area contributed by atoms with Crippen LogP contribution in [0.5, 0.6) is 0 Å². The number of hydrogen-bond donors (Lipinski definition) is 1. The van der Waals surface area contributed by atoms with Crippen LogP contribution in [0.25, 0.3) is 11.0 Å². The number of nitrogens with one attached hydrogen (secondary N) is 1. The average molecular weight is 325 g/mol. The van der Waals surface area contributed by atoms with Crippen molar-refractivity contribution in [3.63, 3.8) is 0 Å². The van der Waals surface area contributed by atoms with E-state index in [0.717, 1.165) is 21.2 Å². The van der Waals surface area contributed by atoms with Gasteiger partial charge in [-0.1, -0.05) is 6.92 Å². The fraction of sp³-hybridized carbons (Fsp3) is 0.333. The lowest BCUT2D eigenvalue weighted by Gasteiger charge is -2.11.